The Kier molecular flexibility index (Phi) is 6.43. The molecular weight excluding hydrogens is 338 g/mol. The number of nitrogens with zero attached hydrogens (tertiary/aromatic N) is 1. The van der Waals surface area contributed by atoms with Crippen molar-refractivity contribution in [1.29, 1.82) is 0 Å². The fraction of sp³-hybridized carbons (Fsp3) is 0.318. The smallest absolute Gasteiger partial charge is 0.254 e. The first-order chi connectivity index (χ1) is 12.3. The predicted octanol–water partition coefficient (Wildman–Crippen LogP) is 4.35. The van der Waals surface area contributed by atoms with Gasteiger partial charge in [0.2, 0.25) is 0 Å². The standard InChI is InChI=1S/C22H29NO2Si/c1-6-23(7-2)22(25)19(16-17-12-9-8-10-13-17)18-14-11-15-20(21(18)24)26(3,4)5/h8-16,24H,6-7H2,1-5H3/b19-16+. The van der Waals surface area contributed by atoms with Crippen molar-refractivity contribution < 1.29 is 9.90 Å². The summed E-state index contributed by atoms with van der Waals surface area (Å²) in [6, 6.07) is 15.5. The number of aromatic hydroxyl groups is 1. The minimum Gasteiger partial charge on any atom is -0.507 e. The lowest BCUT2D eigenvalue weighted by atomic mass is 10.00. The highest BCUT2D eigenvalue weighted by Crippen LogP contribution is 2.29. The summed E-state index contributed by atoms with van der Waals surface area (Å²) in [6.45, 7) is 11.8. The number of para-hydroxylation sites is 1. The quantitative estimate of drug-likeness (QED) is 0.468. The Balaban J connectivity index is 2.66. The van der Waals surface area contributed by atoms with Crippen molar-refractivity contribution in [3.05, 3.63) is 59.7 Å². The molecule has 1 amide bonds. The summed E-state index contributed by atoms with van der Waals surface area (Å²) in [4.78, 5) is 15.0. The van der Waals surface area contributed by atoms with Gasteiger partial charge in [-0.15, -0.1) is 0 Å². The van der Waals surface area contributed by atoms with Gasteiger partial charge < -0.3 is 10.0 Å². The summed E-state index contributed by atoms with van der Waals surface area (Å²) < 4.78 is 0. The van der Waals surface area contributed by atoms with E-state index in [1.807, 2.05) is 68.5 Å². The maximum atomic E-state index is 13.2. The number of phenols is 1. The molecule has 0 bridgehead atoms. The van der Waals surface area contributed by atoms with Crippen LogP contribution in [0.15, 0.2) is 48.5 Å². The SMILES string of the molecule is CCN(CC)C(=O)/C(=C/c1ccccc1)c1cccc([Si](C)(C)C)c1O. The van der Waals surface area contributed by atoms with Crippen LogP contribution in [0, 0.1) is 0 Å². The van der Waals surface area contributed by atoms with Gasteiger partial charge in [0.1, 0.15) is 5.75 Å². The van der Waals surface area contributed by atoms with Crippen LogP contribution in [0.25, 0.3) is 11.6 Å². The van der Waals surface area contributed by atoms with E-state index >= 15 is 0 Å². The molecule has 0 heterocycles. The van der Waals surface area contributed by atoms with E-state index in [1.54, 1.807) is 4.90 Å². The van der Waals surface area contributed by atoms with Crippen molar-refractivity contribution >= 4 is 30.8 Å². The topological polar surface area (TPSA) is 40.5 Å². The highest BCUT2D eigenvalue weighted by molar-refractivity contribution is 6.89. The minimum atomic E-state index is -1.73. The number of rotatable bonds is 6. The minimum absolute atomic E-state index is 0.0538. The lowest BCUT2D eigenvalue weighted by molar-refractivity contribution is -0.124. The monoisotopic (exact) mass is 367 g/mol. The van der Waals surface area contributed by atoms with Crippen molar-refractivity contribution in [1.82, 2.24) is 4.90 Å². The van der Waals surface area contributed by atoms with E-state index < -0.39 is 8.07 Å². The summed E-state index contributed by atoms with van der Waals surface area (Å²) in [5.41, 5.74) is 2.10. The molecule has 2 aromatic rings. The number of likely N-dealkylation sites (N-methyl/N-ethyl adjacent to an activating group) is 1. The highest BCUT2D eigenvalue weighted by Gasteiger charge is 2.26. The second-order valence-electron chi connectivity index (χ2n) is 7.40. The third kappa shape index (κ3) is 4.44. The Morgan fingerprint density at radius 3 is 2.15 bits per heavy atom. The van der Waals surface area contributed by atoms with Gasteiger partial charge in [0.05, 0.1) is 13.6 Å². The van der Waals surface area contributed by atoms with E-state index in [4.69, 9.17) is 0 Å². The van der Waals surface area contributed by atoms with E-state index in [-0.39, 0.29) is 11.7 Å². The van der Waals surface area contributed by atoms with Crippen LogP contribution in [0.2, 0.25) is 19.6 Å². The molecule has 2 rings (SSSR count). The summed E-state index contributed by atoms with van der Waals surface area (Å²) in [6.07, 6.45) is 1.88. The number of benzene rings is 2. The molecule has 138 valence electrons. The number of carbonyl (C=O) groups is 1. The summed E-state index contributed by atoms with van der Waals surface area (Å²) in [5.74, 6) is 0.191. The van der Waals surface area contributed by atoms with Crippen molar-refractivity contribution in [2.45, 2.75) is 33.5 Å². The lowest BCUT2D eigenvalue weighted by Crippen LogP contribution is -2.38. The molecule has 0 aliphatic carbocycles. The van der Waals surface area contributed by atoms with Crippen LogP contribution in [-0.4, -0.2) is 37.1 Å². The average Bonchev–Trinajstić information content (AvgIpc) is 2.61. The Hall–Kier alpha value is -2.33. The number of carbonyl (C=O) groups excluding carboxylic acids is 1. The predicted molar refractivity (Wildman–Crippen MR) is 113 cm³/mol. The van der Waals surface area contributed by atoms with Crippen LogP contribution in [0.4, 0.5) is 0 Å². The summed E-state index contributed by atoms with van der Waals surface area (Å²) >= 11 is 0. The molecule has 4 heteroatoms. The van der Waals surface area contributed by atoms with Crippen molar-refractivity contribution in [2.75, 3.05) is 13.1 Å². The first-order valence-electron chi connectivity index (χ1n) is 9.18. The van der Waals surface area contributed by atoms with E-state index in [0.29, 0.717) is 24.2 Å². The van der Waals surface area contributed by atoms with Gasteiger partial charge in [-0.05, 0) is 30.7 Å². The molecule has 0 unspecified atom stereocenters. The molecule has 0 aromatic heterocycles. The lowest BCUT2D eigenvalue weighted by Gasteiger charge is -2.24. The number of phenolic OH excluding ortho intramolecular Hbond substituents is 1. The molecule has 2 aromatic carbocycles. The molecule has 0 aliphatic rings. The van der Waals surface area contributed by atoms with Crippen LogP contribution in [0.5, 0.6) is 5.75 Å². The first kappa shape index (κ1) is 20.0. The van der Waals surface area contributed by atoms with Crippen molar-refractivity contribution in [2.24, 2.45) is 0 Å². The number of hydrogen-bond donors (Lipinski definition) is 1. The van der Waals surface area contributed by atoms with Gasteiger partial charge in [-0.1, -0.05) is 68.2 Å². The van der Waals surface area contributed by atoms with Gasteiger partial charge in [0.15, 0.2) is 0 Å². The first-order valence-corrected chi connectivity index (χ1v) is 12.7. The number of hydrogen-bond acceptors (Lipinski definition) is 2. The Bertz CT molecular complexity index is 788. The largest absolute Gasteiger partial charge is 0.507 e. The van der Waals surface area contributed by atoms with E-state index in [9.17, 15) is 9.90 Å². The Morgan fingerprint density at radius 1 is 1.00 bits per heavy atom. The molecular formula is C22H29NO2Si. The van der Waals surface area contributed by atoms with Gasteiger partial charge in [-0.25, -0.2) is 0 Å². The zero-order chi connectivity index (χ0) is 19.3. The Morgan fingerprint density at radius 2 is 1.62 bits per heavy atom. The average molecular weight is 368 g/mol. The van der Waals surface area contributed by atoms with E-state index in [1.165, 1.54) is 0 Å². The van der Waals surface area contributed by atoms with Crippen molar-refractivity contribution in [3.8, 4) is 5.75 Å². The molecule has 0 aliphatic heterocycles. The summed E-state index contributed by atoms with van der Waals surface area (Å²) in [5, 5.41) is 11.9. The van der Waals surface area contributed by atoms with Crippen molar-refractivity contribution in [3.63, 3.8) is 0 Å². The van der Waals surface area contributed by atoms with Crippen LogP contribution < -0.4 is 5.19 Å². The fourth-order valence-electron chi connectivity index (χ4n) is 3.02. The zero-order valence-electron chi connectivity index (χ0n) is 16.4. The van der Waals surface area contributed by atoms with Gasteiger partial charge in [-0.3, -0.25) is 4.79 Å². The fourth-order valence-corrected chi connectivity index (χ4v) is 4.46. The van der Waals surface area contributed by atoms with Gasteiger partial charge >= 0.3 is 0 Å². The molecule has 3 nitrogen and oxygen atoms in total. The molecule has 26 heavy (non-hydrogen) atoms. The normalized spacial score (nSPS) is 12.1. The van der Waals surface area contributed by atoms with Crippen LogP contribution in [0.1, 0.15) is 25.0 Å². The maximum Gasteiger partial charge on any atom is 0.254 e. The molecule has 0 radical (unpaired) electrons. The Labute approximate surface area is 158 Å². The molecule has 1 N–H and O–H groups in total. The molecule has 0 spiro atoms. The molecule has 0 saturated carbocycles. The highest BCUT2D eigenvalue weighted by atomic mass is 28.3. The zero-order valence-corrected chi connectivity index (χ0v) is 17.4. The molecule has 0 atom stereocenters. The van der Waals surface area contributed by atoms with Crippen LogP contribution >= 0.6 is 0 Å². The van der Waals surface area contributed by atoms with E-state index in [2.05, 4.69) is 19.6 Å². The molecule has 0 fully saturated rings. The second-order valence-corrected chi connectivity index (χ2v) is 12.4. The third-order valence-electron chi connectivity index (χ3n) is 4.53. The summed E-state index contributed by atoms with van der Waals surface area (Å²) in [7, 11) is -1.73. The van der Waals surface area contributed by atoms with Gasteiger partial charge in [0, 0.05) is 18.7 Å². The van der Waals surface area contributed by atoms with Crippen LogP contribution in [0.3, 0.4) is 0 Å². The van der Waals surface area contributed by atoms with Crippen LogP contribution in [-0.2, 0) is 4.79 Å². The second kappa shape index (κ2) is 8.36. The maximum absolute atomic E-state index is 13.2. The van der Waals surface area contributed by atoms with Gasteiger partial charge in [0.25, 0.3) is 5.91 Å². The van der Waals surface area contributed by atoms with E-state index in [0.717, 1.165) is 10.8 Å². The number of amides is 1. The third-order valence-corrected chi connectivity index (χ3v) is 6.55. The van der Waals surface area contributed by atoms with Gasteiger partial charge in [-0.2, -0.15) is 0 Å². The molecule has 0 saturated heterocycles.